The fourth-order valence-electron chi connectivity index (χ4n) is 2.85. The van der Waals surface area contributed by atoms with E-state index in [4.69, 9.17) is 4.42 Å². The highest BCUT2D eigenvalue weighted by molar-refractivity contribution is 5.98. The zero-order valence-corrected chi connectivity index (χ0v) is 16.8. The molecule has 0 aliphatic heterocycles. The number of para-hydroxylation sites is 1. The minimum absolute atomic E-state index is 0.138. The summed E-state index contributed by atoms with van der Waals surface area (Å²) in [4.78, 5) is 40.0. The number of aryl methyl sites for hydroxylation is 1. The lowest BCUT2D eigenvalue weighted by molar-refractivity contribution is -0.114. The molecule has 8 heteroatoms. The summed E-state index contributed by atoms with van der Waals surface area (Å²) in [5.74, 6) is -0.185. The summed E-state index contributed by atoms with van der Waals surface area (Å²) >= 11 is 0. The zero-order valence-electron chi connectivity index (χ0n) is 16.8. The van der Waals surface area contributed by atoms with Crippen molar-refractivity contribution in [1.29, 1.82) is 0 Å². The molecule has 3 rings (SSSR count). The first-order valence-corrected chi connectivity index (χ1v) is 9.19. The Kier molecular flexibility index (Phi) is 6.26. The normalized spacial score (nSPS) is 10.4. The van der Waals surface area contributed by atoms with E-state index in [1.165, 1.54) is 20.1 Å². The molecule has 0 saturated carbocycles. The second-order valence-electron chi connectivity index (χ2n) is 6.50. The second kappa shape index (κ2) is 9.04. The topological polar surface area (TPSA) is 111 Å². The van der Waals surface area contributed by atoms with E-state index < -0.39 is 5.97 Å². The summed E-state index contributed by atoms with van der Waals surface area (Å²) in [7, 11) is 1.28. The van der Waals surface area contributed by atoms with Crippen LogP contribution in [-0.2, 0) is 16.1 Å². The van der Waals surface area contributed by atoms with Gasteiger partial charge in [-0.15, -0.1) is 0 Å². The van der Waals surface area contributed by atoms with Crippen LogP contribution in [0.1, 0.15) is 39.1 Å². The zero-order chi connectivity index (χ0) is 21.7. The average Bonchev–Trinajstić information content (AvgIpc) is 3.11. The van der Waals surface area contributed by atoms with E-state index in [9.17, 15) is 14.4 Å². The quantitative estimate of drug-likeness (QED) is 0.607. The number of ether oxygens (including phenoxy) is 1. The number of carbonyl (C=O) groups excluding carboxylic acids is 3. The van der Waals surface area contributed by atoms with Crippen molar-refractivity contribution in [2.45, 2.75) is 20.4 Å². The number of anilines is 1. The predicted molar refractivity (Wildman–Crippen MR) is 110 cm³/mol. The van der Waals surface area contributed by atoms with Gasteiger partial charge in [0.25, 0.3) is 5.91 Å². The van der Waals surface area contributed by atoms with Crippen molar-refractivity contribution in [1.82, 2.24) is 10.3 Å². The van der Waals surface area contributed by atoms with Gasteiger partial charge >= 0.3 is 5.97 Å². The van der Waals surface area contributed by atoms with Crippen LogP contribution in [0.5, 0.6) is 0 Å². The van der Waals surface area contributed by atoms with Gasteiger partial charge in [0, 0.05) is 12.5 Å². The molecule has 0 unspecified atom stereocenters. The number of nitrogens with zero attached hydrogens (tertiary/aromatic N) is 1. The van der Waals surface area contributed by atoms with E-state index in [0.29, 0.717) is 39.7 Å². The van der Waals surface area contributed by atoms with Crippen molar-refractivity contribution in [3.63, 3.8) is 0 Å². The monoisotopic (exact) mass is 407 g/mol. The number of oxazole rings is 1. The van der Waals surface area contributed by atoms with Gasteiger partial charge in [-0.3, -0.25) is 9.59 Å². The number of hydrogen-bond acceptors (Lipinski definition) is 6. The van der Waals surface area contributed by atoms with Gasteiger partial charge in [0.1, 0.15) is 11.5 Å². The lowest BCUT2D eigenvalue weighted by Crippen LogP contribution is -2.23. The van der Waals surface area contributed by atoms with E-state index in [-0.39, 0.29) is 18.4 Å². The van der Waals surface area contributed by atoms with E-state index >= 15 is 0 Å². The minimum Gasteiger partial charge on any atom is -0.465 e. The van der Waals surface area contributed by atoms with Crippen molar-refractivity contribution >= 4 is 23.5 Å². The fraction of sp³-hybridized carbons (Fsp3) is 0.182. The van der Waals surface area contributed by atoms with Crippen LogP contribution < -0.4 is 10.6 Å². The molecule has 1 heterocycles. The maximum absolute atomic E-state index is 12.5. The van der Waals surface area contributed by atoms with Gasteiger partial charge in [-0.05, 0) is 37.3 Å². The van der Waals surface area contributed by atoms with Gasteiger partial charge in [-0.25, -0.2) is 9.78 Å². The first-order chi connectivity index (χ1) is 14.4. The Morgan fingerprint density at radius 3 is 2.53 bits per heavy atom. The predicted octanol–water partition coefficient (Wildman–Crippen LogP) is 3.33. The van der Waals surface area contributed by atoms with Gasteiger partial charge in [0.2, 0.25) is 11.8 Å². The van der Waals surface area contributed by atoms with Crippen LogP contribution >= 0.6 is 0 Å². The van der Waals surface area contributed by atoms with Crippen molar-refractivity contribution in [2.75, 3.05) is 12.4 Å². The van der Waals surface area contributed by atoms with Crippen LogP contribution in [0.4, 0.5) is 5.69 Å². The number of carbonyl (C=O) groups is 3. The van der Waals surface area contributed by atoms with Gasteiger partial charge < -0.3 is 19.8 Å². The maximum Gasteiger partial charge on any atom is 0.337 e. The lowest BCUT2D eigenvalue weighted by atomic mass is 10.1. The van der Waals surface area contributed by atoms with E-state index in [1.54, 1.807) is 43.3 Å². The Bertz CT molecular complexity index is 1100. The van der Waals surface area contributed by atoms with Crippen molar-refractivity contribution in [3.05, 3.63) is 71.1 Å². The first-order valence-electron chi connectivity index (χ1n) is 9.19. The molecule has 1 aromatic heterocycles. The molecule has 2 aromatic carbocycles. The molecule has 0 bridgehead atoms. The molecule has 0 fully saturated rings. The summed E-state index contributed by atoms with van der Waals surface area (Å²) in [6.07, 6.45) is 0. The Morgan fingerprint density at radius 1 is 1.07 bits per heavy atom. The highest BCUT2D eigenvalue weighted by atomic mass is 16.5. The largest absolute Gasteiger partial charge is 0.465 e. The van der Waals surface area contributed by atoms with Crippen molar-refractivity contribution in [3.8, 4) is 11.5 Å². The summed E-state index contributed by atoms with van der Waals surface area (Å²) in [6.45, 7) is 3.31. The van der Waals surface area contributed by atoms with E-state index in [0.717, 1.165) is 0 Å². The number of rotatable bonds is 6. The van der Waals surface area contributed by atoms with Crippen LogP contribution in [0.15, 0.2) is 52.9 Å². The van der Waals surface area contributed by atoms with Crippen LogP contribution in [0, 0.1) is 6.92 Å². The molecule has 0 radical (unpaired) electrons. The number of nitrogens with one attached hydrogen (secondary N) is 2. The summed E-state index contributed by atoms with van der Waals surface area (Å²) in [5.41, 5.74) is 2.40. The number of hydrogen-bond donors (Lipinski definition) is 2. The highest BCUT2D eigenvalue weighted by Gasteiger charge is 2.16. The van der Waals surface area contributed by atoms with Crippen molar-refractivity contribution < 1.29 is 23.5 Å². The van der Waals surface area contributed by atoms with E-state index in [2.05, 4.69) is 20.4 Å². The molecule has 0 spiro atoms. The van der Waals surface area contributed by atoms with Crippen molar-refractivity contribution in [2.24, 2.45) is 0 Å². The van der Waals surface area contributed by atoms with E-state index in [1.807, 2.05) is 6.07 Å². The number of methoxy groups -OCH3 is 1. The summed E-state index contributed by atoms with van der Waals surface area (Å²) in [5, 5.41) is 5.51. The number of esters is 1. The SMILES string of the molecule is COC(=O)c1cccc(C(=O)NCc2nc(-c3ccccc3NC(C)=O)oc2C)c1. The maximum atomic E-state index is 12.5. The van der Waals surface area contributed by atoms with Crippen LogP contribution in [0.2, 0.25) is 0 Å². The molecular formula is C22H21N3O5. The van der Waals surface area contributed by atoms with Gasteiger partial charge in [-0.1, -0.05) is 18.2 Å². The highest BCUT2D eigenvalue weighted by Crippen LogP contribution is 2.28. The lowest BCUT2D eigenvalue weighted by Gasteiger charge is -2.06. The molecule has 154 valence electrons. The standard InChI is InChI=1S/C22H21N3O5/c1-13-19(12-23-20(27)15-7-6-8-16(11-15)22(28)29-3)25-21(30-13)17-9-4-5-10-18(17)24-14(2)26/h4-11H,12H2,1-3H3,(H,23,27)(H,24,26). The summed E-state index contributed by atoms with van der Waals surface area (Å²) < 4.78 is 10.4. The molecule has 0 atom stereocenters. The van der Waals surface area contributed by atoms with Crippen LogP contribution in [0.3, 0.4) is 0 Å². The minimum atomic E-state index is -0.514. The first kappa shape index (κ1) is 20.8. The van der Waals surface area contributed by atoms with Gasteiger partial charge in [0.05, 0.1) is 30.5 Å². The Morgan fingerprint density at radius 2 is 1.80 bits per heavy atom. The van der Waals surface area contributed by atoms with Crippen LogP contribution in [0.25, 0.3) is 11.5 Å². The molecule has 3 aromatic rings. The Balaban J connectivity index is 1.75. The Hall–Kier alpha value is -3.94. The number of amides is 2. The molecule has 0 aliphatic carbocycles. The third-order valence-electron chi connectivity index (χ3n) is 4.32. The third kappa shape index (κ3) is 4.72. The molecule has 2 amide bonds. The summed E-state index contributed by atoms with van der Waals surface area (Å²) in [6, 6.07) is 13.4. The molecule has 2 N–H and O–H groups in total. The third-order valence-corrected chi connectivity index (χ3v) is 4.32. The number of benzene rings is 2. The Labute approximate surface area is 173 Å². The van der Waals surface area contributed by atoms with Crippen LogP contribution in [-0.4, -0.2) is 29.9 Å². The molecular weight excluding hydrogens is 386 g/mol. The van der Waals surface area contributed by atoms with Gasteiger partial charge in [0.15, 0.2) is 0 Å². The molecule has 30 heavy (non-hydrogen) atoms. The fourth-order valence-corrected chi connectivity index (χ4v) is 2.85. The van der Waals surface area contributed by atoms with Gasteiger partial charge in [-0.2, -0.15) is 0 Å². The average molecular weight is 407 g/mol. The smallest absolute Gasteiger partial charge is 0.337 e. The second-order valence-corrected chi connectivity index (χ2v) is 6.50. The molecule has 8 nitrogen and oxygen atoms in total. The number of aromatic nitrogens is 1. The molecule has 0 aliphatic rings. The molecule has 0 saturated heterocycles.